The summed E-state index contributed by atoms with van der Waals surface area (Å²) in [6.45, 7) is 3.52. The summed E-state index contributed by atoms with van der Waals surface area (Å²) in [5.41, 5.74) is 2.33. The van der Waals surface area contributed by atoms with E-state index in [2.05, 4.69) is 22.0 Å². The summed E-state index contributed by atoms with van der Waals surface area (Å²) in [5.74, 6) is 0.340. The second-order valence-corrected chi connectivity index (χ2v) is 8.16. The zero-order chi connectivity index (χ0) is 20.8. The second-order valence-electron chi connectivity index (χ2n) is 7.72. The van der Waals surface area contributed by atoms with E-state index in [0.717, 1.165) is 49.5 Å². The maximum atomic E-state index is 13.1. The van der Waals surface area contributed by atoms with Crippen LogP contribution < -0.4 is 0 Å². The van der Waals surface area contributed by atoms with Crippen LogP contribution in [0.25, 0.3) is 0 Å². The summed E-state index contributed by atoms with van der Waals surface area (Å²) in [7, 11) is 0. The number of halogens is 1. The van der Waals surface area contributed by atoms with Crippen LogP contribution in [0.1, 0.15) is 34.5 Å². The Morgan fingerprint density at radius 2 is 1.90 bits per heavy atom. The minimum Gasteiger partial charge on any atom is -0.459 e. The number of piperidine rings is 1. The number of carbonyl (C=O) groups is 1. The lowest BCUT2D eigenvalue weighted by molar-refractivity contribution is 0.0520. The van der Waals surface area contributed by atoms with Crippen molar-refractivity contribution in [3.63, 3.8) is 0 Å². The van der Waals surface area contributed by atoms with E-state index in [-0.39, 0.29) is 11.9 Å². The Hall–Kier alpha value is -2.63. The zero-order valence-corrected chi connectivity index (χ0v) is 17.7. The predicted molar refractivity (Wildman–Crippen MR) is 117 cm³/mol. The molecule has 0 radical (unpaired) electrons. The number of hydrogen-bond acceptors (Lipinski definition) is 4. The molecule has 30 heavy (non-hydrogen) atoms. The van der Waals surface area contributed by atoms with E-state index >= 15 is 0 Å². The topological polar surface area (TPSA) is 49.6 Å². The van der Waals surface area contributed by atoms with Gasteiger partial charge in [-0.1, -0.05) is 29.8 Å². The maximum Gasteiger partial charge on any atom is 0.290 e. The van der Waals surface area contributed by atoms with Crippen LogP contribution in [0.4, 0.5) is 0 Å². The maximum absolute atomic E-state index is 13.1. The van der Waals surface area contributed by atoms with Crippen LogP contribution in [-0.2, 0) is 13.0 Å². The van der Waals surface area contributed by atoms with Crippen molar-refractivity contribution in [1.29, 1.82) is 0 Å². The Kier molecular flexibility index (Phi) is 6.82. The third-order valence-electron chi connectivity index (χ3n) is 5.70. The van der Waals surface area contributed by atoms with Crippen molar-refractivity contribution in [1.82, 2.24) is 14.8 Å². The number of benzene rings is 1. The number of likely N-dealkylation sites (tertiary alicyclic amines) is 1. The first-order chi connectivity index (χ1) is 14.7. The fourth-order valence-corrected chi connectivity index (χ4v) is 4.12. The van der Waals surface area contributed by atoms with Crippen LogP contribution in [-0.4, -0.2) is 46.4 Å². The molecule has 1 aliphatic heterocycles. The molecule has 0 unspecified atom stereocenters. The summed E-state index contributed by atoms with van der Waals surface area (Å²) in [4.78, 5) is 21.7. The van der Waals surface area contributed by atoms with Gasteiger partial charge >= 0.3 is 0 Å². The standard InChI is InChI=1S/C24H26ClN3O2/c25-21-7-5-19(6-8-21)9-13-27-14-10-22(11-15-27)28(18-20-3-1-12-26-17-20)24(29)23-4-2-16-30-23/h1-8,12,16-17,22H,9-11,13-15,18H2. The molecule has 3 heterocycles. The average Bonchev–Trinajstić information content (AvgIpc) is 3.33. The van der Waals surface area contributed by atoms with Crippen molar-refractivity contribution in [3.05, 3.63) is 89.1 Å². The highest BCUT2D eigenvalue weighted by Gasteiger charge is 2.29. The summed E-state index contributed by atoms with van der Waals surface area (Å²) in [6.07, 6.45) is 8.03. The van der Waals surface area contributed by atoms with Crippen LogP contribution >= 0.6 is 11.6 Å². The molecule has 1 amide bonds. The minimum atomic E-state index is -0.0523. The summed E-state index contributed by atoms with van der Waals surface area (Å²) in [5, 5.41) is 0.773. The van der Waals surface area contributed by atoms with Crippen LogP contribution in [0.5, 0.6) is 0 Å². The number of carbonyl (C=O) groups excluding carboxylic acids is 1. The van der Waals surface area contributed by atoms with E-state index in [1.165, 1.54) is 5.56 Å². The number of nitrogens with zero attached hydrogens (tertiary/aromatic N) is 3. The van der Waals surface area contributed by atoms with Crippen molar-refractivity contribution >= 4 is 17.5 Å². The Balaban J connectivity index is 1.37. The fourth-order valence-electron chi connectivity index (χ4n) is 3.99. The molecule has 0 bridgehead atoms. The largest absolute Gasteiger partial charge is 0.459 e. The minimum absolute atomic E-state index is 0.0523. The average molecular weight is 424 g/mol. The van der Waals surface area contributed by atoms with Gasteiger partial charge in [-0.25, -0.2) is 0 Å². The Morgan fingerprint density at radius 3 is 2.57 bits per heavy atom. The molecule has 0 spiro atoms. The quantitative estimate of drug-likeness (QED) is 0.553. The first kappa shape index (κ1) is 20.6. The van der Waals surface area contributed by atoms with Crippen molar-refractivity contribution in [2.75, 3.05) is 19.6 Å². The number of rotatable bonds is 7. The van der Waals surface area contributed by atoms with Gasteiger partial charge in [0.15, 0.2) is 5.76 Å². The van der Waals surface area contributed by atoms with Crippen molar-refractivity contribution in [3.8, 4) is 0 Å². The smallest absolute Gasteiger partial charge is 0.290 e. The first-order valence-corrected chi connectivity index (χ1v) is 10.8. The molecule has 3 aromatic rings. The third-order valence-corrected chi connectivity index (χ3v) is 5.95. The molecule has 1 saturated heterocycles. The van der Waals surface area contributed by atoms with Crippen molar-refractivity contribution < 1.29 is 9.21 Å². The molecule has 1 aliphatic rings. The lowest BCUT2D eigenvalue weighted by atomic mass is 10.0. The van der Waals surface area contributed by atoms with Crippen LogP contribution in [0.15, 0.2) is 71.6 Å². The Bertz CT molecular complexity index is 921. The number of amides is 1. The van der Waals surface area contributed by atoms with Crippen LogP contribution in [0.3, 0.4) is 0 Å². The molecule has 0 atom stereocenters. The van der Waals surface area contributed by atoms with Gasteiger partial charge in [0.25, 0.3) is 5.91 Å². The van der Waals surface area contributed by atoms with Gasteiger partial charge in [-0.05, 0) is 60.7 Å². The van der Waals surface area contributed by atoms with Crippen LogP contribution in [0, 0.1) is 0 Å². The van der Waals surface area contributed by atoms with Crippen molar-refractivity contribution in [2.45, 2.75) is 31.8 Å². The van der Waals surface area contributed by atoms with Crippen molar-refractivity contribution in [2.24, 2.45) is 0 Å². The molecule has 1 aromatic carbocycles. The van der Waals surface area contributed by atoms with Gasteiger partial charge in [0.1, 0.15) is 0 Å². The molecule has 1 fully saturated rings. The summed E-state index contributed by atoms with van der Waals surface area (Å²) >= 11 is 5.97. The molecule has 0 saturated carbocycles. The molecule has 5 nitrogen and oxygen atoms in total. The summed E-state index contributed by atoms with van der Waals surface area (Å²) < 4.78 is 5.40. The number of hydrogen-bond donors (Lipinski definition) is 0. The lowest BCUT2D eigenvalue weighted by Gasteiger charge is -2.38. The van der Waals surface area contributed by atoms with Gasteiger partial charge in [0, 0.05) is 49.6 Å². The molecular formula is C24H26ClN3O2. The SMILES string of the molecule is O=C(c1ccco1)N(Cc1cccnc1)C1CCN(CCc2ccc(Cl)cc2)CC1. The lowest BCUT2D eigenvalue weighted by Crippen LogP contribution is -2.47. The molecule has 6 heteroatoms. The van der Waals surface area contributed by atoms with Gasteiger partial charge in [0.05, 0.1) is 6.26 Å². The number of furan rings is 1. The zero-order valence-electron chi connectivity index (χ0n) is 16.9. The Labute approximate surface area is 182 Å². The van der Waals surface area contributed by atoms with E-state index in [1.807, 2.05) is 35.4 Å². The van der Waals surface area contributed by atoms with E-state index in [0.29, 0.717) is 12.3 Å². The normalized spacial score (nSPS) is 15.2. The molecule has 4 rings (SSSR count). The predicted octanol–water partition coefficient (Wildman–Crippen LogP) is 4.68. The van der Waals surface area contributed by atoms with Gasteiger partial charge < -0.3 is 14.2 Å². The van der Waals surface area contributed by atoms with Gasteiger partial charge in [0.2, 0.25) is 0 Å². The number of pyridine rings is 1. The highest BCUT2D eigenvalue weighted by Crippen LogP contribution is 2.22. The molecular weight excluding hydrogens is 398 g/mol. The number of aromatic nitrogens is 1. The highest BCUT2D eigenvalue weighted by molar-refractivity contribution is 6.30. The van der Waals surface area contributed by atoms with Gasteiger partial charge in [-0.15, -0.1) is 0 Å². The van der Waals surface area contributed by atoms with E-state index in [4.69, 9.17) is 16.0 Å². The third kappa shape index (κ3) is 5.29. The molecule has 2 aromatic heterocycles. The molecule has 156 valence electrons. The van der Waals surface area contributed by atoms with E-state index in [1.54, 1.807) is 24.6 Å². The summed E-state index contributed by atoms with van der Waals surface area (Å²) in [6, 6.07) is 15.7. The van der Waals surface area contributed by atoms with Crippen LogP contribution in [0.2, 0.25) is 5.02 Å². The van der Waals surface area contributed by atoms with Gasteiger partial charge in [-0.2, -0.15) is 0 Å². The monoisotopic (exact) mass is 423 g/mol. The molecule has 0 N–H and O–H groups in total. The van der Waals surface area contributed by atoms with E-state index in [9.17, 15) is 4.79 Å². The van der Waals surface area contributed by atoms with Gasteiger partial charge in [-0.3, -0.25) is 9.78 Å². The van der Waals surface area contributed by atoms with E-state index < -0.39 is 0 Å². The molecule has 0 aliphatic carbocycles. The first-order valence-electron chi connectivity index (χ1n) is 10.4. The Morgan fingerprint density at radius 1 is 1.10 bits per heavy atom. The fraction of sp³-hybridized carbons (Fsp3) is 0.333. The second kappa shape index (κ2) is 9.92. The highest BCUT2D eigenvalue weighted by atomic mass is 35.5.